The van der Waals surface area contributed by atoms with Gasteiger partial charge < -0.3 is 16.3 Å². The van der Waals surface area contributed by atoms with Crippen molar-refractivity contribution in [2.75, 3.05) is 0 Å². The predicted molar refractivity (Wildman–Crippen MR) is 83.5 cm³/mol. The van der Waals surface area contributed by atoms with Crippen molar-refractivity contribution in [1.82, 2.24) is 10.3 Å². The van der Waals surface area contributed by atoms with Gasteiger partial charge in [-0.2, -0.15) is 0 Å². The minimum Gasteiger partial charge on any atom is -0.409 e. The first kappa shape index (κ1) is 15.3. The molecule has 0 fully saturated rings. The van der Waals surface area contributed by atoms with E-state index < -0.39 is 0 Å². The van der Waals surface area contributed by atoms with E-state index in [1.165, 1.54) is 0 Å². The summed E-state index contributed by atoms with van der Waals surface area (Å²) in [7, 11) is 0. The Hall–Kier alpha value is -2.11. The van der Waals surface area contributed by atoms with E-state index in [1.807, 2.05) is 30.3 Å². The normalized spacial score (nSPS) is 13.1. The minimum absolute atomic E-state index is 0.000241. The molecule has 1 heterocycles. The summed E-state index contributed by atoms with van der Waals surface area (Å²) >= 11 is 5.99. The number of hydrogen-bond acceptors (Lipinski definition) is 4. The lowest BCUT2D eigenvalue weighted by Gasteiger charge is -2.15. The van der Waals surface area contributed by atoms with Crippen LogP contribution in [-0.4, -0.2) is 16.0 Å². The monoisotopic (exact) mass is 304 g/mol. The average Bonchev–Trinajstić information content (AvgIpc) is 2.52. The van der Waals surface area contributed by atoms with Crippen LogP contribution >= 0.6 is 11.6 Å². The summed E-state index contributed by atoms with van der Waals surface area (Å²) in [6.45, 7) is 2.71. The lowest BCUT2D eigenvalue weighted by molar-refractivity contribution is 0.318. The number of amidine groups is 1. The zero-order valence-electron chi connectivity index (χ0n) is 11.6. The Morgan fingerprint density at radius 1 is 1.43 bits per heavy atom. The first-order valence-corrected chi connectivity index (χ1v) is 6.89. The second-order valence-electron chi connectivity index (χ2n) is 4.69. The number of benzene rings is 1. The highest BCUT2D eigenvalue weighted by molar-refractivity contribution is 6.30. The van der Waals surface area contributed by atoms with Gasteiger partial charge in [-0.1, -0.05) is 28.9 Å². The van der Waals surface area contributed by atoms with Crippen LogP contribution in [0.3, 0.4) is 0 Å². The summed E-state index contributed by atoms with van der Waals surface area (Å²) in [5, 5.41) is 15.7. The van der Waals surface area contributed by atoms with Crippen molar-refractivity contribution >= 4 is 17.4 Å². The molecule has 0 saturated carbocycles. The SMILES string of the molecule is C[C@H](NCc1ccnc(/C(N)=N/O)c1)c1cccc(Cl)c1. The first-order chi connectivity index (χ1) is 10.1. The molecule has 1 aromatic carbocycles. The highest BCUT2D eigenvalue weighted by atomic mass is 35.5. The summed E-state index contributed by atoms with van der Waals surface area (Å²) < 4.78 is 0. The van der Waals surface area contributed by atoms with Gasteiger partial charge in [-0.05, 0) is 42.3 Å². The molecule has 0 aliphatic carbocycles. The number of rotatable bonds is 5. The Morgan fingerprint density at radius 2 is 2.24 bits per heavy atom. The van der Waals surface area contributed by atoms with Gasteiger partial charge in [-0.3, -0.25) is 4.98 Å². The van der Waals surface area contributed by atoms with Crippen LogP contribution in [0.2, 0.25) is 5.02 Å². The second-order valence-corrected chi connectivity index (χ2v) is 5.13. The van der Waals surface area contributed by atoms with E-state index in [-0.39, 0.29) is 11.9 Å². The van der Waals surface area contributed by atoms with Crippen LogP contribution in [-0.2, 0) is 6.54 Å². The van der Waals surface area contributed by atoms with E-state index in [4.69, 9.17) is 22.5 Å². The van der Waals surface area contributed by atoms with E-state index in [0.29, 0.717) is 12.2 Å². The maximum Gasteiger partial charge on any atom is 0.188 e. The fourth-order valence-electron chi connectivity index (χ4n) is 1.94. The van der Waals surface area contributed by atoms with Crippen LogP contribution in [0.4, 0.5) is 0 Å². The van der Waals surface area contributed by atoms with Crippen molar-refractivity contribution in [1.29, 1.82) is 0 Å². The number of nitrogens with two attached hydrogens (primary N) is 1. The maximum absolute atomic E-state index is 8.67. The van der Waals surface area contributed by atoms with E-state index >= 15 is 0 Å². The second kappa shape index (κ2) is 7.06. The van der Waals surface area contributed by atoms with Crippen LogP contribution in [0.5, 0.6) is 0 Å². The molecular weight excluding hydrogens is 288 g/mol. The number of oxime groups is 1. The minimum atomic E-state index is -0.000241. The van der Waals surface area contributed by atoms with Gasteiger partial charge in [-0.25, -0.2) is 0 Å². The number of halogens is 1. The third-order valence-corrected chi connectivity index (χ3v) is 3.39. The summed E-state index contributed by atoms with van der Waals surface area (Å²) in [6, 6.07) is 11.6. The van der Waals surface area contributed by atoms with Crippen molar-refractivity contribution < 1.29 is 5.21 Å². The highest BCUT2D eigenvalue weighted by Crippen LogP contribution is 2.17. The topological polar surface area (TPSA) is 83.5 Å². The average molecular weight is 305 g/mol. The van der Waals surface area contributed by atoms with E-state index in [1.54, 1.807) is 12.3 Å². The van der Waals surface area contributed by atoms with Crippen molar-refractivity contribution in [3.8, 4) is 0 Å². The molecule has 110 valence electrons. The fraction of sp³-hybridized carbons (Fsp3) is 0.200. The van der Waals surface area contributed by atoms with Crippen LogP contribution < -0.4 is 11.1 Å². The Balaban J connectivity index is 2.03. The Labute approximate surface area is 128 Å². The Bertz CT molecular complexity index is 645. The quantitative estimate of drug-likeness (QED) is 0.343. The van der Waals surface area contributed by atoms with Gasteiger partial charge in [-0.15, -0.1) is 0 Å². The third kappa shape index (κ3) is 4.18. The Morgan fingerprint density at radius 3 is 2.95 bits per heavy atom. The summed E-state index contributed by atoms with van der Waals surface area (Å²) in [5.41, 5.74) is 8.10. The van der Waals surface area contributed by atoms with E-state index in [2.05, 4.69) is 22.4 Å². The van der Waals surface area contributed by atoms with E-state index in [9.17, 15) is 0 Å². The molecule has 0 aliphatic rings. The molecule has 0 amide bonds. The highest BCUT2D eigenvalue weighted by Gasteiger charge is 2.07. The molecule has 1 atom stereocenters. The molecule has 2 rings (SSSR count). The first-order valence-electron chi connectivity index (χ1n) is 6.52. The van der Waals surface area contributed by atoms with Gasteiger partial charge in [0.05, 0.1) is 0 Å². The fourth-order valence-corrected chi connectivity index (χ4v) is 2.14. The number of hydrogen-bond donors (Lipinski definition) is 3. The van der Waals surface area contributed by atoms with E-state index in [0.717, 1.165) is 16.1 Å². The molecule has 0 unspecified atom stereocenters. The lowest BCUT2D eigenvalue weighted by Crippen LogP contribution is -2.19. The zero-order chi connectivity index (χ0) is 15.2. The van der Waals surface area contributed by atoms with Gasteiger partial charge in [0.2, 0.25) is 0 Å². The molecule has 0 spiro atoms. The smallest absolute Gasteiger partial charge is 0.188 e. The lowest BCUT2D eigenvalue weighted by atomic mass is 10.1. The standard InChI is InChI=1S/C15H17ClN4O/c1-10(12-3-2-4-13(16)8-12)19-9-11-5-6-18-14(7-11)15(17)20-21/h2-8,10,19,21H,9H2,1H3,(H2,17,20)/t10-/m0/s1. The molecule has 0 bridgehead atoms. The van der Waals surface area contributed by atoms with Crippen LogP contribution in [0, 0.1) is 0 Å². The number of nitrogens with zero attached hydrogens (tertiary/aromatic N) is 2. The number of nitrogens with one attached hydrogen (secondary N) is 1. The van der Waals surface area contributed by atoms with Crippen LogP contribution in [0.15, 0.2) is 47.8 Å². The molecule has 2 aromatic rings. The van der Waals surface area contributed by atoms with Crippen molar-refractivity contribution in [3.05, 3.63) is 64.4 Å². The van der Waals surface area contributed by atoms with Gasteiger partial charge >= 0.3 is 0 Å². The molecule has 6 heteroatoms. The molecule has 1 aromatic heterocycles. The van der Waals surface area contributed by atoms with Crippen molar-refractivity contribution in [2.45, 2.75) is 19.5 Å². The summed E-state index contributed by atoms with van der Waals surface area (Å²) in [6.07, 6.45) is 1.63. The molecule has 5 nitrogen and oxygen atoms in total. The summed E-state index contributed by atoms with van der Waals surface area (Å²) in [4.78, 5) is 4.05. The predicted octanol–water partition coefficient (Wildman–Crippen LogP) is 2.68. The van der Waals surface area contributed by atoms with Gasteiger partial charge in [0.15, 0.2) is 5.84 Å². The van der Waals surface area contributed by atoms with Gasteiger partial charge in [0.25, 0.3) is 0 Å². The maximum atomic E-state index is 8.67. The molecule has 0 saturated heterocycles. The van der Waals surface area contributed by atoms with Crippen LogP contribution in [0.1, 0.15) is 29.8 Å². The molecule has 0 aliphatic heterocycles. The van der Waals surface area contributed by atoms with Crippen LogP contribution in [0.25, 0.3) is 0 Å². The zero-order valence-corrected chi connectivity index (χ0v) is 12.4. The third-order valence-electron chi connectivity index (χ3n) is 3.16. The largest absolute Gasteiger partial charge is 0.409 e. The number of aromatic nitrogens is 1. The molecular formula is C15H17ClN4O. The summed E-state index contributed by atoms with van der Waals surface area (Å²) in [5.74, 6) is -0.000241. The van der Waals surface area contributed by atoms with Crippen molar-refractivity contribution in [2.24, 2.45) is 10.9 Å². The van der Waals surface area contributed by atoms with Gasteiger partial charge in [0.1, 0.15) is 5.69 Å². The number of pyridine rings is 1. The van der Waals surface area contributed by atoms with Crippen molar-refractivity contribution in [3.63, 3.8) is 0 Å². The van der Waals surface area contributed by atoms with Gasteiger partial charge in [0, 0.05) is 23.8 Å². The Kier molecular flexibility index (Phi) is 5.14. The molecule has 0 radical (unpaired) electrons. The molecule has 21 heavy (non-hydrogen) atoms. The molecule has 4 N–H and O–H groups in total.